The highest BCUT2D eigenvalue weighted by Gasteiger charge is 2.19. The van der Waals surface area contributed by atoms with E-state index in [0.717, 1.165) is 17.9 Å². The minimum Gasteiger partial charge on any atom is -0.407 e. The van der Waals surface area contributed by atoms with Crippen LogP contribution < -0.4 is 16.2 Å². The molecule has 0 bridgehead atoms. The number of rotatable bonds is 7. The topological polar surface area (TPSA) is 107 Å². The van der Waals surface area contributed by atoms with Crippen molar-refractivity contribution in [2.45, 2.75) is 62.9 Å². The normalized spacial score (nSPS) is 16.6. The van der Waals surface area contributed by atoms with Gasteiger partial charge in [-0.1, -0.05) is 50.3 Å². The number of nitrogens with two attached hydrogens (primary N) is 1. The van der Waals surface area contributed by atoms with Crippen LogP contribution in [0.5, 0.6) is 0 Å². The minimum absolute atomic E-state index is 0.0904. The summed E-state index contributed by atoms with van der Waals surface area (Å²) < 4.78 is 30.1. The standard InChI is InChI=1S/C23H29N3O4S/c1-16(13-17-7-3-2-4-8-17)25-15-18-9-5-6-10-20(18)26-21-12-11-19(31(24,28)29)14-22(21)30-23(26)27/h5-6,9-12,14,16-17,25H,2-4,7-8,13,15H2,1H3,(H2,24,28,29)/t16-/m0/s1. The first-order chi connectivity index (χ1) is 14.8. The second-order valence-corrected chi connectivity index (χ2v) is 10.1. The number of hydrogen-bond acceptors (Lipinski definition) is 5. The first kappa shape index (κ1) is 21.8. The Bertz CT molecular complexity index is 1220. The quantitative estimate of drug-likeness (QED) is 0.579. The number of hydrogen-bond donors (Lipinski definition) is 2. The van der Waals surface area contributed by atoms with Gasteiger partial charge in [-0.15, -0.1) is 0 Å². The van der Waals surface area contributed by atoms with Gasteiger partial charge >= 0.3 is 5.76 Å². The Morgan fingerprint density at radius 1 is 1.16 bits per heavy atom. The average molecular weight is 444 g/mol. The van der Waals surface area contributed by atoms with E-state index in [1.54, 1.807) is 6.07 Å². The van der Waals surface area contributed by atoms with Crippen LogP contribution in [0.1, 0.15) is 51.0 Å². The van der Waals surface area contributed by atoms with Gasteiger partial charge in [0.2, 0.25) is 10.0 Å². The number of benzene rings is 2. The summed E-state index contributed by atoms with van der Waals surface area (Å²) in [6, 6.07) is 12.3. The summed E-state index contributed by atoms with van der Waals surface area (Å²) in [5.41, 5.74) is 2.37. The molecule has 1 heterocycles. The van der Waals surface area contributed by atoms with Crippen molar-refractivity contribution in [1.82, 2.24) is 9.88 Å². The molecule has 1 aromatic heterocycles. The van der Waals surface area contributed by atoms with Gasteiger partial charge in [-0.25, -0.2) is 22.9 Å². The van der Waals surface area contributed by atoms with Crippen LogP contribution >= 0.6 is 0 Å². The maximum absolute atomic E-state index is 12.6. The first-order valence-electron chi connectivity index (χ1n) is 10.8. The fraction of sp³-hybridized carbons (Fsp3) is 0.435. The highest BCUT2D eigenvalue weighted by atomic mass is 32.2. The van der Waals surface area contributed by atoms with Gasteiger partial charge in [0.05, 0.1) is 16.1 Å². The van der Waals surface area contributed by atoms with E-state index in [-0.39, 0.29) is 10.5 Å². The van der Waals surface area contributed by atoms with Gasteiger partial charge in [0.25, 0.3) is 0 Å². The van der Waals surface area contributed by atoms with Crippen molar-refractivity contribution in [2.24, 2.45) is 11.1 Å². The van der Waals surface area contributed by atoms with Gasteiger partial charge in [-0.05, 0) is 43.0 Å². The molecule has 3 N–H and O–H groups in total. The molecule has 1 saturated carbocycles. The highest BCUT2D eigenvalue weighted by molar-refractivity contribution is 7.89. The number of para-hydroxylation sites is 1. The lowest BCUT2D eigenvalue weighted by atomic mass is 9.85. The summed E-state index contributed by atoms with van der Waals surface area (Å²) >= 11 is 0. The fourth-order valence-electron chi connectivity index (χ4n) is 4.57. The molecular formula is C23H29N3O4S. The van der Waals surface area contributed by atoms with Gasteiger partial charge < -0.3 is 9.73 Å². The molecule has 4 rings (SSSR count). The summed E-state index contributed by atoms with van der Waals surface area (Å²) in [5.74, 6) is 0.226. The molecule has 7 nitrogen and oxygen atoms in total. The molecule has 166 valence electrons. The molecule has 1 fully saturated rings. The maximum Gasteiger partial charge on any atom is 0.424 e. The van der Waals surface area contributed by atoms with E-state index in [1.807, 2.05) is 24.3 Å². The van der Waals surface area contributed by atoms with Gasteiger partial charge in [0.1, 0.15) is 0 Å². The van der Waals surface area contributed by atoms with Crippen molar-refractivity contribution in [3.8, 4) is 5.69 Å². The van der Waals surface area contributed by atoms with Crippen molar-refractivity contribution >= 4 is 21.1 Å². The summed E-state index contributed by atoms with van der Waals surface area (Å²) in [7, 11) is -3.88. The predicted octanol–water partition coefficient (Wildman–Crippen LogP) is 3.68. The van der Waals surface area contributed by atoms with Crippen LogP contribution in [0, 0.1) is 5.92 Å². The lowest BCUT2D eigenvalue weighted by Crippen LogP contribution is -2.29. The summed E-state index contributed by atoms with van der Waals surface area (Å²) in [6.07, 6.45) is 7.83. The second kappa shape index (κ2) is 8.98. The third-order valence-corrected chi connectivity index (χ3v) is 7.08. The number of fused-ring (bicyclic) bond motifs is 1. The SMILES string of the molecule is C[C@@H](CC1CCCCC1)NCc1ccccc1-n1c(=O)oc2cc(S(N)(=O)=O)ccc21. The van der Waals surface area contributed by atoms with Crippen LogP contribution in [-0.4, -0.2) is 19.0 Å². The van der Waals surface area contributed by atoms with Crippen molar-refractivity contribution in [2.75, 3.05) is 0 Å². The van der Waals surface area contributed by atoms with E-state index in [2.05, 4.69) is 12.2 Å². The minimum atomic E-state index is -3.88. The Labute approximate surface area is 182 Å². The van der Waals surface area contributed by atoms with E-state index in [1.165, 1.54) is 48.8 Å². The third-order valence-electron chi connectivity index (χ3n) is 6.17. The zero-order chi connectivity index (χ0) is 22.0. The summed E-state index contributed by atoms with van der Waals surface area (Å²) in [4.78, 5) is 12.6. The molecule has 0 radical (unpaired) electrons. The Morgan fingerprint density at radius 2 is 1.90 bits per heavy atom. The van der Waals surface area contributed by atoms with Gasteiger partial charge in [0, 0.05) is 18.7 Å². The monoisotopic (exact) mass is 443 g/mol. The number of primary sulfonamides is 1. The number of aromatic nitrogens is 1. The smallest absolute Gasteiger partial charge is 0.407 e. The van der Waals surface area contributed by atoms with Crippen molar-refractivity contribution in [3.05, 3.63) is 58.6 Å². The van der Waals surface area contributed by atoms with Crippen LogP contribution in [-0.2, 0) is 16.6 Å². The molecule has 0 spiro atoms. The second-order valence-electron chi connectivity index (χ2n) is 8.53. The lowest BCUT2D eigenvalue weighted by Gasteiger charge is -2.25. The zero-order valence-electron chi connectivity index (χ0n) is 17.7. The Hall–Kier alpha value is -2.42. The molecule has 1 aliphatic carbocycles. The number of sulfonamides is 1. The van der Waals surface area contributed by atoms with Crippen LogP contribution in [0.15, 0.2) is 56.6 Å². The van der Waals surface area contributed by atoms with E-state index < -0.39 is 15.8 Å². The van der Waals surface area contributed by atoms with E-state index in [0.29, 0.717) is 23.8 Å². The fourth-order valence-corrected chi connectivity index (χ4v) is 5.10. The Morgan fingerprint density at radius 3 is 2.65 bits per heavy atom. The van der Waals surface area contributed by atoms with Crippen LogP contribution in [0.3, 0.4) is 0 Å². The van der Waals surface area contributed by atoms with Gasteiger partial charge in [-0.2, -0.15) is 0 Å². The van der Waals surface area contributed by atoms with Gasteiger partial charge in [0.15, 0.2) is 5.58 Å². The molecule has 1 atom stereocenters. The molecule has 0 unspecified atom stereocenters. The molecule has 31 heavy (non-hydrogen) atoms. The number of nitrogens with zero attached hydrogens (tertiary/aromatic N) is 1. The first-order valence-corrected chi connectivity index (χ1v) is 12.4. The van der Waals surface area contributed by atoms with Crippen molar-refractivity contribution in [3.63, 3.8) is 0 Å². The Kier molecular flexibility index (Phi) is 6.31. The zero-order valence-corrected chi connectivity index (χ0v) is 18.5. The van der Waals surface area contributed by atoms with Crippen molar-refractivity contribution < 1.29 is 12.8 Å². The van der Waals surface area contributed by atoms with Crippen LogP contribution in [0.2, 0.25) is 0 Å². The summed E-state index contributed by atoms with van der Waals surface area (Å²) in [5, 5.41) is 8.80. The van der Waals surface area contributed by atoms with Crippen LogP contribution in [0.25, 0.3) is 16.8 Å². The van der Waals surface area contributed by atoms with Gasteiger partial charge in [-0.3, -0.25) is 0 Å². The molecule has 0 amide bonds. The maximum atomic E-state index is 12.6. The molecule has 3 aromatic rings. The predicted molar refractivity (Wildman–Crippen MR) is 121 cm³/mol. The Balaban J connectivity index is 1.59. The van der Waals surface area contributed by atoms with E-state index >= 15 is 0 Å². The molecule has 8 heteroatoms. The molecule has 0 aliphatic heterocycles. The number of nitrogens with one attached hydrogen (secondary N) is 1. The third kappa shape index (κ3) is 4.92. The molecule has 2 aromatic carbocycles. The highest BCUT2D eigenvalue weighted by Crippen LogP contribution is 2.27. The van der Waals surface area contributed by atoms with E-state index in [9.17, 15) is 13.2 Å². The lowest BCUT2D eigenvalue weighted by molar-refractivity contribution is 0.304. The van der Waals surface area contributed by atoms with Crippen molar-refractivity contribution in [1.29, 1.82) is 0 Å². The molecule has 1 aliphatic rings. The van der Waals surface area contributed by atoms with Crippen LogP contribution in [0.4, 0.5) is 0 Å². The average Bonchev–Trinajstić information content (AvgIpc) is 3.07. The number of oxazole rings is 1. The van der Waals surface area contributed by atoms with E-state index in [4.69, 9.17) is 9.56 Å². The molecular weight excluding hydrogens is 414 g/mol. The largest absolute Gasteiger partial charge is 0.424 e. The molecule has 0 saturated heterocycles. The summed E-state index contributed by atoms with van der Waals surface area (Å²) in [6.45, 7) is 2.84.